The topological polar surface area (TPSA) is 20.2 Å². The maximum atomic E-state index is 13.4. The fourth-order valence-electron chi connectivity index (χ4n) is 3.00. The summed E-state index contributed by atoms with van der Waals surface area (Å²) in [6, 6.07) is 10.8. The van der Waals surface area contributed by atoms with E-state index in [-0.39, 0.29) is 5.82 Å². The Morgan fingerprint density at radius 1 is 1.25 bits per heavy atom. The van der Waals surface area contributed by atoms with Crippen molar-refractivity contribution in [2.24, 2.45) is 0 Å². The molecule has 1 aliphatic rings. The molecule has 0 aliphatic heterocycles. The molecule has 0 saturated carbocycles. The second-order valence-corrected chi connectivity index (χ2v) is 6.46. The van der Waals surface area contributed by atoms with E-state index in [4.69, 9.17) is 0 Å². The minimum absolute atomic E-state index is 0.269. The molecule has 1 unspecified atom stereocenters. The van der Waals surface area contributed by atoms with E-state index in [9.17, 15) is 9.50 Å². The molecule has 3 rings (SSSR count). The Bertz CT molecular complexity index is 668. The first-order valence-corrected chi connectivity index (χ1v) is 7.53. The number of hydrogen-bond donors (Lipinski definition) is 1. The van der Waals surface area contributed by atoms with Gasteiger partial charge in [0.05, 0.1) is 5.60 Å². The number of benzene rings is 2. The highest BCUT2D eigenvalue weighted by molar-refractivity contribution is 9.10. The highest BCUT2D eigenvalue weighted by Gasteiger charge is 2.37. The molecule has 0 bridgehead atoms. The molecule has 1 nitrogen and oxygen atoms in total. The molecule has 0 spiro atoms. The molecule has 0 aromatic heterocycles. The van der Waals surface area contributed by atoms with Gasteiger partial charge in [-0.25, -0.2) is 4.39 Å². The Labute approximate surface area is 126 Å². The van der Waals surface area contributed by atoms with Crippen LogP contribution in [0.25, 0.3) is 0 Å². The van der Waals surface area contributed by atoms with Crippen molar-refractivity contribution in [1.29, 1.82) is 0 Å². The minimum atomic E-state index is -0.891. The van der Waals surface area contributed by atoms with Gasteiger partial charge in [-0.2, -0.15) is 0 Å². The molecule has 0 radical (unpaired) electrons. The lowest BCUT2D eigenvalue weighted by Gasteiger charge is -2.25. The Morgan fingerprint density at radius 3 is 2.85 bits per heavy atom. The van der Waals surface area contributed by atoms with Crippen LogP contribution in [0.2, 0.25) is 0 Å². The predicted molar refractivity (Wildman–Crippen MR) is 81.2 cm³/mol. The summed E-state index contributed by atoms with van der Waals surface area (Å²) in [5.74, 6) is -0.269. The largest absolute Gasteiger partial charge is 0.385 e. The number of fused-ring (bicyclic) bond motifs is 1. The van der Waals surface area contributed by atoms with Crippen LogP contribution in [-0.2, 0) is 18.4 Å². The van der Waals surface area contributed by atoms with Crippen LogP contribution in [0.3, 0.4) is 0 Å². The van der Waals surface area contributed by atoms with Crippen LogP contribution in [0.15, 0.2) is 40.9 Å². The first kappa shape index (κ1) is 13.8. The molecule has 1 aliphatic carbocycles. The summed E-state index contributed by atoms with van der Waals surface area (Å²) in [5, 5.41) is 11.0. The van der Waals surface area contributed by atoms with Gasteiger partial charge in [0, 0.05) is 10.9 Å². The van der Waals surface area contributed by atoms with Crippen LogP contribution < -0.4 is 0 Å². The number of aryl methyl sites for hydroxylation is 2. The number of aliphatic hydroxyl groups is 1. The van der Waals surface area contributed by atoms with Gasteiger partial charge in [-0.3, -0.25) is 0 Å². The van der Waals surface area contributed by atoms with Gasteiger partial charge in [-0.1, -0.05) is 39.7 Å². The minimum Gasteiger partial charge on any atom is -0.385 e. The van der Waals surface area contributed by atoms with Crippen LogP contribution in [0.4, 0.5) is 4.39 Å². The van der Waals surface area contributed by atoms with Crippen molar-refractivity contribution in [2.45, 2.75) is 31.8 Å². The molecule has 1 atom stereocenters. The molecular weight excluding hydrogens is 319 g/mol. The van der Waals surface area contributed by atoms with Crippen molar-refractivity contribution < 1.29 is 9.50 Å². The summed E-state index contributed by atoms with van der Waals surface area (Å²) in [7, 11) is 0. The summed E-state index contributed by atoms with van der Waals surface area (Å²) < 4.78 is 14.2. The van der Waals surface area contributed by atoms with Crippen LogP contribution in [0.5, 0.6) is 0 Å². The van der Waals surface area contributed by atoms with Crippen LogP contribution in [0, 0.1) is 12.7 Å². The zero-order valence-corrected chi connectivity index (χ0v) is 12.9. The van der Waals surface area contributed by atoms with E-state index >= 15 is 0 Å². The third-order valence-electron chi connectivity index (χ3n) is 4.07. The van der Waals surface area contributed by atoms with E-state index < -0.39 is 5.60 Å². The van der Waals surface area contributed by atoms with Crippen LogP contribution in [0.1, 0.15) is 28.7 Å². The number of halogens is 2. The Hall–Kier alpha value is -1.19. The molecule has 20 heavy (non-hydrogen) atoms. The summed E-state index contributed by atoms with van der Waals surface area (Å²) in [4.78, 5) is 0. The average Bonchev–Trinajstić information content (AvgIpc) is 2.72. The smallest absolute Gasteiger partial charge is 0.123 e. The highest BCUT2D eigenvalue weighted by atomic mass is 79.9. The quantitative estimate of drug-likeness (QED) is 0.869. The van der Waals surface area contributed by atoms with Crippen molar-refractivity contribution in [1.82, 2.24) is 0 Å². The van der Waals surface area contributed by atoms with Crippen molar-refractivity contribution in [3.05, 3.63) is 68.9 Å². The summed E-state index contributed by atoms with van der Waals surface area (Å²) in [6.07, 6.45) is 2.00. The van der Waals surface area contributed by atoms with E-state index in [0.29, 0.717) is 12.8 Å². The van der Waals surface area contributed by atoms with E-state index in [1.807, 2.05) is 6.92 Å². The summed E-state index contributed by atoms with van der Waals surface area (Å²) in [5.41, 5.74) is 3.25. The zero-order chi connectivity index (χ0) is 14.3. The first-order chi connectivity index (χ1) is 9.48. The van der Waals surface area contributed by atoms with Gasteiger partial charge in [-0.05, 0) is 54.7 Å². The zero-order valence-electron chi connectivity index (χ0n) is 11.3. The lowest BCUT2D eigenvalue weighted by atomic mass is 9.88. The van der Waals surface area contributed by atoms with Gasteiger partial charge in [0.2, 0.25) is 0 Å². The number of hydrogen-bond acceptors (Lipinski definition) is 1. The summed E-state index contributed by atoms with van der Waals surface area (Å²) >= 11 is 3.44. The molecule has 2 aromatic rings. The van der Waals surface area contributed by atoms with Gasteiger partial charge in [0.15, 0.2) is 0 Å². The lowest BCUT2D eigenvalue weighted by molar-refractivity contribution is 0.0387. The van der Waals surface area contributed by atoms with E-state index in [0.717, 1.165) is 27.6 Å². The van der Waals surface area contributed by atoms with Gasteiger partial charge in [0.25, 0.3) is 0 Å². The van der Waals surface area contributed by atoms with Crippen molar-refractivity contribution in [2.75, 3.05) is 0 Å². The van der Waals surface area contributed by atoms with Gasteiger partial charge in [0.1, 0.15) is 5.82 Å². The number of rotatable bonds is 2. The SMILES string of the molecule is Cc1ccc2c(c1)C(O)(Cc1cc(F)ccc1Br)CC2. The third-order valence-corrected chi connectivity index (χ3v) is 4.84. The van der Waals surface area contributed by atoms with Crippen molar-refractivity contribution in [3.63, 3.8) is 0 Å². The average molecular weight is 335 g/mol. The maximum Gasteiger partial charge on any atom is 0.123 e. The molecule has 0 heterocycles. The summed E-state index contributed by atoms with van der Waals surface area (Å²) in [6.45, 7) is 2.02. The van der Waals surface area contributed by atoms with E-state index in [1.54, 1.807) is 6.07 Å². The maximum absolute atomic E-state index is 13.4. The normalized spacial score (nSPS) is 21.0. The van der Waals surface area contributed by atoms with Crippen molar-refractivity contribution >= 4 is 15.9 Å². The van der Waals surface area contributed by atoms with Gasteiger partial charge >= 0.3 is 0 Å². The van der Waals surface area contributed by atoms with E-state index in [1.165, 1.54) is 17.7 Å². The molecule has 104 valence electrons. The Kier molecular flexibility index (Phi) is 3.43. The fraction of sp³-hybridized carbons (Fsp3) is 0.294. The second kappa shape index (κ2) is 4.97. The highest BCUT2D eigenvalue weighted by Crippen LogP contribution is 2.40. The molecule has 2 aromatic carbocycles. The molecule has 3 heteroatoms. The van der Waals surface area contributed by atoms with Crippen LogP contribution >= 0.6 is 15.9 Å². The molecule has 0 fully saturated rings. The third kappa shape index (κ3) is 2.40. The lowest BCUT2D eigenvalue weighted by Crippen LogP contribution is -2.25. The fourth-order valence-corrected chi connectivity index (χ4v) is 3.38. The molecule has 0 amide bonds. The van der Waals surface area contributed by atoms with Crippen LogP contribution in [-0.4, -0.2) is 5.11 Å². The standard InChI is InChI=1S/C17H16BrFO/c1-11-2-3-12-6-7-17(20,15(12)8-11)10-13-9-14(19)4-5-16(13)18/h2-5,8-9,20H,6-7,10H2,1H3. The Balaban J connectivity index is 2.00. The molecule has 0 saturated heterocycles. The Morgan fingerprint density at radius 2 is 2.05 bits per heavy atom. The second-order valence-electron chi connectivity index (χ2n) is 5.60. The van der Waals surface area contributed by atoms with Crippen molar-refractivity contribution in [3.8, 4) is 0 Å². The van der Waals surface area contributed by atoms with Gasteiger partial charge < -0.3 is 5.11 Å². The molecule has 1 N–H and O–H groups in total. The molecular formula is C17H16BrFO. The first-order valence-electron chi connectivity index (χ1n) is 6.74. The predicted octanol–water partition coefficient (Wildman–Crippen LogP) is 4.27. The van der Waals surface area contributed by atoms with Gasteiger partial charge in [-0.15, -0.1) is 0 Å². The monoisotopic (exact) mass is 334 g/mol. The van der Waals surface area contributed by atoms with E-state index in [2.05, 4.69) is 34.1 Å².